The summed E-state index contributed by atoms with van der Waals surface area (Å²) in [7, 11) is 4.26. The van der Waals surface area contributed by atoms with E-state index in [0.717, 1.165) is 43.1 Å². The van der Waals surface area contributed by atoms with Gasteiger partial charge in [0, 0.05) is 68.5 Å². The van der Waals surface area contributed by atoms with E-state index in [1.165, 1.54) is 17.0 Å². The van der Waals surface area contributed by atoms with Crippen LogP contribution in [0.2, 0.25) is 0 Å². The Morgan fingerprint density at radius 1 is 0.938 bits per heavy atom. The maximum absolute atomic E-state index is 9.21. The topological polar surface area (TPSA) is 52.5 Å². The third-order valence-electron chi connectivity index (χ3n) is 6.66. The number of imidazole rings is 1. The molecule has 1 unspecified atom stereocenters. The molecule has 162 valence electrons. The van der Waals surface area contributed by atoms with Gasteiger partial charge in [0.2, 0.25) is 0 Å². The number of hydrogen-bond acceptors (Lipinski definition) is 4. The Kier molecular flexibility index (Phi) is 5.30. The summed E-state index contributed by atoms with van der Waals surface area (Å²) in [6.07, 6.45) is 4.29. The average Bonchev–Trinajstić information content (AvgIpc) is 3.42. The van der Waals surface area contributed by atoms with E-state index in [0.29, 0.717) is 5.56 Å². The fourth-order valence-corrected chi connectivity index (χ4v) is 4.67. The molecule has 1 fully saturated rings. The normalized spacial score (nSPS) is 16.3. The molecule has 1 saturated heterocycles. The number of benzene rings is 1. The summed E-state index contributed by atoms with van der Waals surface area (Å²) in [4.78, 5) is 9.98. The van der Waals surface area contributed by atoms with Crippen LogP contribution in [0.3, 0.4) is 0 Å². The first-order chi connectivity index (χ1) is 15.5. The van der Waals surface area contributed by atoms with Crippen LogP contribution in [0.15, 0.2) is 60.9 Å². The molecule has 0 N–H and O–H groups in total. The standard InChI is InChI=1S/C26H28N6/c1-19(31-15-13-29(2)14-16-31)26-25(21-8-6-20(17-27)7-9-21)28-24-11-10-22(18-32(24)26)23-5-4-12-30(23)3/h4-12,18-19H,13-16H2,1-3H3. The predicted octanol–water partition coefficient (Wildman–Crippen LogP) is 4.19. The van der Waals surface area contributed by atoms with Gasteiger partial charge in [0.25, 0.3) is 0 Å². The molecule has 6 heteroatoms. The molecule has 0 spiro atoms. The third-order valence-corrected chi connectivity index (χ3v) is 6.66. The lowest BCUT2D eigenvalue weighted by molar-refractivity contribution is 0.117. The smallest absolute Gasteiger partial charge is 0.137 e. The number of nitrogens with zero attached hydrogens (tertiary/aromatic N) is 6. The summed E-state index contributed by atoms with van der Waals surface area (Å²) >= 11 is 0. The summed E-state index contributed by atoms with van der Waals surface area (Å²) in [5, 5.41) is 9.21. The molecule has 3 aromatic heterocycles. The molecule has 4 heterocycles. The number of rotatable bonds is 4. The zero-order chi connectivity index (χ0) is 22.2. The number of aryl methyl sites for hydroxylation is 1. The van der Waals surface area contributed by atoms with Crippen molar-refractivity contribution in [2.24, 2.45) is 7.05 Å². The molecule has 1 aromatic carbocycles. The molecule has 0 saturated carbocycles. The lowest BCUT2D eigenvalue weighted by Gasteiger charge is -2.36. The minimum atomic E-state index is 0.216. The Morgan fingerprint density at radius 2 is 1.66 bits per heavy atom. The van der Waals surface area contributed by atoms with Gasteiger partial charge in [-0.3, -0.25) is 4.90 Å². The van der Waals surface area contributed by atoms with Crippen LogP contribution in [-0.4, -0.2) is 57.0 Å². The molecule has 5 rings (SSSR count). The molecule has 6 nitrogen and oxygen atoms in total. The zero-order valence-electron chi connectivity index (χ0n) is 18.9. The quantitative estimate of drug-likeness (QED) is 0.493. The second-order valence-electron chi connectivity index (χ2n) is 8.70. The highest BCUT2D eigenvalue weighted by Crippen LogP contribution is 2.34. The van der Waals surface area contributed by atoms with Crippen LogP contribution in [0, 0.1) is 11.3 Å². The van der Waals surface area contributed by atoms with Crippen molar-refractivity contribution in [1.29, 1.82) is 5.26 Å². The number of hydrogen-bond donors (Lipinski definition) is 0. The van der Waals surface area contributed by atoms with Crippen LogP contribution in [-0.2, 0) is 7.05 Å². The highest BCUT2D eigenvalue weighted by molar-refractivity contribution is 5.70. The fraction of sp³-hybridized carbons (Fsp3) is 0.308. The molecule has 0 bridgehead atoms. The zero-order valence-corrected chi connectivity index (χ0v) is 18.9. The lowest BCUT2D eigenvalue weighted by atomic mass is 10.0. The third kappa shape index (κ3) is 3.60. The number of fused-ring (bicyclic) bond motifs is 1. The molecule has 4 aromatic rings. The highest BCUT2D eigenvalue weighted by Gasteiger charge is 2.27. The Labute approximate surface area is 188 Å². The van der Waals surface area contributed by atoms with Crippen molar-refractivity contribution >= 4 is 5.65 Å². The van der Waals surface area contributed by atoms with Crippen molar-refractivity contribution in [3.63, 3.8) is 0 Å². The Morgan fingerprint density at radius 3 is 2.31 bits per heavy atom. The average molecular weight is 425 g/mol. The van der Waals surface area contributed by atoms with Gasteiger partial charge in [-0.25, -0.2) is 4.98 Å². The van der Waals surface area contributed by atoms with Crippen molar-refractivity contribution in [1.82, 2.24) is 23.8 Å². The van der Waals surface area contributed by atoms with Gasteiger partial charge in [-0.15, -0.1) is 0 Å². The molecular formula is C26H28N6. The second kappa shape index (κ2) is 8.27. The van der Waals surface area contributed by atoms with Gasteiger partial charge in [-0.1, -0.05) is 12.1 Å². The van der Waals surface area contributed by atoms with Gasteiger partial charge in [0.15, 0.2) is 0 Å². The largest absolute Gasteiger partial charge is 0.351 e. The maximum atomic E-state index is 9.21. The van der Waals surface area contributed by atoms with Crippen LogP contribution in [0.1, 0.15) is 24.2 Å². The van der Waals surface area contributed by atoms with E-state index in [9.17, 15) is 5.26 Å². The van der Waals surface area contributed by atoms with Gasteiger partial charge < -0.3 is 13.9 Å². The second-order valence-corrected chi connectivity index (χ2v) is 8.70. The van der Waals surface area contributed by atoms with E-state index in [2.05, 4.69) is 82.5 Å². The fourth-order valence-electron chi connectivity index (χ4n) is 4.67. The van der Waals surface area contributed by atoms with E-state index in [4.69, 9.17) is 4.98 Å². The highest BCUT2D eigenvalue weighted by atomic mass is 15.3. The molecular weight excluding hydrogens is 396 g/mol. The minimum absolute atomic E-state index is 0.216. The molecule has 1 aliphatic heterocycles. The number of piperazine rings is 1. The molecule has 0 aliphatic carbocycles. The molecule has 0 amide bonds. The van der Waals surface area contributed by atoms with Crippen LogP contribution in [0.25, 0.3) is 28.2 Å². The SMILES string of the molecule is CC(c1c(-c2ccc(C#N)cc2)nc2ccc(-c3cccn3C)cn12)N1CCN(C)CC1. The molecule has 32 heavy (non-hydrogen) atoms. The number of aromatic nitrogens is 3. The van der Waals surface area contributed by atoms with E-state index < -0.39 is 0 Å². The van der Waals surface area contributed by atoms with E-state index in [-0.39, 0.29) is 6.04 Å². The van der Waals surface area contributed by atoms with Crippen LogP contribution < -0.4 is 0 Å². The summed E-state index contributed by atoms with van der Waals surface area (Å²) in [6.45, 7) is 6.51. The van der Waals surface area contributed by atoms with Gasteiger partial charge >= 0.3 is 0 Å². The minimum Gasteiger partial charge on any atom is -0.351 e. The molecule has 0 radical (unpaired) electrons. The van der Waals surface area contributed by atoms with Gasteiger partial charge in [-0.2, -0.15) is 5.26 Å². The van der Waals surface area contributed by atoms with E-state index >= 15 is 0 Å². The van der Waals surface area contributed by atoms with Crippen molar-refractivity contribution < 1.29 is 0 Å². The predicted molar refractivity (Wildman–Crippen MR) is 127 cm³/mol. The first-order valence-corrected chi connectivity index (χ1v) is 11.1. The Hall–Kier alpha value is -3.40. The summed E-state index contributed by atoms with van der Waals surface area (Å²) < 4.78 is 4.40. The first-order valence-electron chi connectivity index (χ1n) is 11.1. The van der Waals surface area contributed by atoms with Crippen molar-refractivity contribution in [3.05, 3.63) is 72.2 Å². The molecule has 1 atom stereocenters. The van der Waals surface area contributed by atoms with E-state index in [1.54, 1.807) is 0 Å². The number of likely N-dealkylation sites (N-methyl/N-ethyl adjacent to an activating group) is 1. The number of nitriles is 1. The van der Waals surface area contributed by atoms with Crippen molar-refractivity contribution in [2.45, 2.75) is 13.0 Å². The van der Waals surface area contributed by atoms with Crippen LogP contribution >= 0.6 is 0 Å². The molecule has 1 aliphatic rings. The van der Waals surface area contributed by atoms with E-state index in [1.807, 2.05) is 24.3 Å². The van der Waals surface area contributed by atoms with Gasteiger partial charge in [0.05, 0.1) is 23.0 Å². The Balaban J connectivity index is 1.66. The summed E-state index contributed by atoms with van der Waals surface area (Å²) in [5.41, 5.74) is 7.19. The van der Waals surface area contributed by atoms with Crippen molar-refractivity contribution in [2.75, 3.05) is 33.2 Å². The monoisotopic (exact) mass is 424 g/mol. The summed E-state index contributed by atoms with van der Waals surface area (Å²) in [5.74, 6) is 0. The summed E-state index contributed by atoms with van der Waals surface area (Å²) in [6, 6.07) is 18.7. The van der Waals surface area contributed by atoms with Crippen LogP contribution in [0.4, 0.5) is 0 Å². The van der Waals surface area contributed by atoms with Crippen LogP contribution in [0.5, 0.6) is 0 Å². The Bertz CT molecular complexity index is 1280. The lowest BCUT2D eigenvalue weighted by Crippen LogP contribution is -2.45. The van der Waals surface area contributed by atoms with Crippen molar-refractivity contribution in [3.8, 4) is 28.6 Å². The number of pyridine rings is 1. The van der Waals surface area contributed by atoms with Gasteiger partial charge in [-0.05, 0) is 50.4 Å². The van der Waals surface area contributed by atoms with Gasteiger partial charge in [0.1, 0.15) is 5.65 Å². The maximum Gasteiger partial charge on any atom is 0.137 e. The first kappa shape index (κ1) is 20.5.